The molecule has 2 aromatic carbocycles. The van der Waals surface area contributed by atoms with Crippen molar-refractivity contribution in [3.8, 4) is 0 Å². The van der Waals surface area contributed by atoms with E-state index in [0.29, 0.717) is 63.2 Å². The topological polar surface area (TPSA) is 251 Å². The Labute approximate surface area is 510 Å². The van der Waals surface area contributed by atoms with Crippen LogP contribution in [0.5, 0.6) is 0 Å². The highest BCUT2D eigenvalue weighted by molar-refractivity contribution is 6.24. The van der Waals surface area contributed by atoms with Crippen molar-refractivity contribution in [1.82, 2.24) is 40.0 Å². The molecule has 0 bridgehead atoms. The molecule has 2 saturated carbocycles. The normalized spacial score (nSPS) is 30.2. The molecule has 10 aliphatic rings. The number of fused-ring (bicyclic) bond motifs is 2. The summed E-state index contributed by atoms with van der Waals surface area (Å²) in [7, 11) is 0. The van der Waals surface area contributed by atoms with Gasteiger partial charge in [-0.2, -0.15) is 0 Å². The van der Waals surface area contributed by atoms with E-state index >= 15 is 8.78 Å². The molecule has 8 aliphatic heterocycles. The summed E-state index contributed by atoms with van der Waals surface area (Å²) in [6.07, 6.45) is 5.69. The van der Waals surface area contributed by atoms with Crippen molar-refractivity contribution in [2.75, 3.05) is 52.4 Å². The fraction of sp³-hybridized carbons (Fsp3) is 0.656. The first-order chi connectivity index (χ1) is 41.7. The van der Waals surface area contributed by atoms with Crippen LogP contribution in [0.4, 0.5) is 18.4 Å². The van der Waals surface area contributed by atoms with Crippen molar-refractivity contribution in [1.29, 1.82) is 0 Å². The molecular formula is C64H82F2N8O14. The van der Waals surface area contributed by atoms with Gasteiger partial charge >= 0.3 is 12.2 Å². The molecule has 2 N–H and O–H groups in total. The second kappa shape index (κ2) is 25.3. The Kier molecular flexibility index (Phi) is 18.0. The van der Waals surface area contributed by atoms with Crippen molar-refractivity contribution in [2.24, 2.45) is 0 Å². The van der Waals surface area contributed by atoms with Crippen LogP contribution >= 0.6 is 0 Å². The standard InChI is InChI=1S/2C32H41FN4O7/c2*1-32(2,3)44-31(42)35-11-8-20(9-12-35)43-21-15-19(16-21)36-13-10-22(25(33)17-36)18-4-5-23-24(14-18)30(41)37(29(23)40)26-6-7-27(38)34-28(26)39/h2*4-5,14,19-22,25-26H,6-13,15-17H2,1-3H3,(H,34,38,39)/t2*19?,21?,22-,25-,26?/m10/s1. The van der Waals surface area contributed by atoms with Gasteiger partial charge in [-0.1, -0.05) is 12.1 Å². The minimum atomic E-state index is -1.13. The SMILES string of the molecule is CC(C)(C)OC(=O)N1CCC(OC2CC(N3CC[C@@H](c4ccc5c(c4)C(=O)N(C4CCC(=O)NC4=O)C5=O)[C@@H](F)C3)C2)CC1.CC(C)(C)OC(=O)N1CCC(OC2CC(N3CC[C@H](c4ccc5c(c4)C(=O)N(C4CCC(=O)NC4=O)C5=O)[C@H](F)C3)C2)CC1. The number of hydrogen-bond donors (Lipinski definition) is 2. The maximum Gasteiger partial charge on any atom is 0.410 e. The highest BCUT2D eigenvalue weighted by Crippen LogP contribution is 2.41. The van der Waals surface area contributed by atoms with Crippen molar-refractivity contribution < 1.29 is 75.7 Å². The third kappa shape index (κ3) is 13.5. The average molecular weight is 1230 g/mol. The summed E-state index contributed by atoms with van der Waals surface area (Å²) in [4.78, 5) is 135. The molecule has 2 aliphatic carbocycles. The van der Waals surface area contributed by atoms with Crippen LogP contribution in [-0.4, -0.2) is 213 Å². The minimum Gasteiger partial charge on any atom is -0.444 e. The summed E-state index contributed by atoms with van der Waals surface area (Å²) in [5.41, 5.74) is 1.09. The van der Waals surface area contributed by atoms with Crippen LogP contribution < -0.4 is 10.6 Å². The lowest BCUT2D eigenvalue weighted by molar-refractivity contribution is -0.137. The molecule has 8 heterocycles. The molecule has 2 aromatic rings. The van der Waals surface area contributed by atoms with Gasteiger partial charge in [-0.25, -0.2) is 18.4 Å². The van der Waals surface area contributed by atoms with Gasteiger partial charge in [0.1, 0.15) is 35.6 Å². The summed E-state index contributed by atoms with van der Waals surface area (Å²) in [6, 6.07) is 8.24. The first-order valence-electron chi connectivity index (χ1n) is 31.5. The predicted octanol–water partition coefficient (Wildman–Crippen LogP) is 6.32. The Morgan fingerprint density at radius 2 is 0.818 bits per heavy atom. The minimum absolute atomic E-state index is 0.0558. The number of carbonyl (C=O) groups excluding carboxylic acids is 10. The van der Waals surface area contributed by atoms with E-state index in [1.165, 1.54) is 0 Å². The summed E-state index contributed by atoms with van der Waals surface area (Å²) in [5, 5.41) is 4.39. The Morgan fingerprint density at radius 1 is 0.466 bits per heavy atom. The number of alkyl halides is 2. The molecule has 10 amide bonds. The lowest BCUT2D eigenvalue weighted by atomic mass is 9.82. The van der Waals surface area contributed by atoms with Crippen LogP contribution in [0, 0.1) is 0 Å². The number of carbonyl (C=O) groups is 10. The highest BCUT2D eigenvalue weighted by atomic mass is 19.1. The summed E-state index contributed by atoms with van der Waals surface area (Å²) in [5.74, 6) is -5.23. The number of likely N-dealkylation sites (tertiary alicyclic amines) is 4. The molecule has 2 unspecified atom stereocenters. The molecule has 12 rings (SSSR count). The number of rotatable bonds is 10. The van der Waals surface area contributed by atoms with Crippen LogP contribution in [0.1, 0.15) is 196 Å². The lowest BCUT2D eigenvalue weighted by Crippen LogP contribution is -2.54. The maximum atomic E-state index is 15.6. The van der Waals surface area contributed by atoms with E-state index in [2.05, 4.69) is 20.4 Å². The second-order valence-corrected chi connectivity index (χ2v) is 27.4. The van der Waals surface area contributed by atoms with Gasteiger partial charge in [0.05, 0.1) is 46.7 Å². The Balaban J connectivity index is 0.000000182. The highest BCUT2D eigenvalue weighted by Gasteiger charge is 2.49. The second-order valence-electron chi connectivity index (χ2n) is 27.4. The molecule has 476 valence electrons. The molecule has 24 heteroatoms. The van der Waals surface area contributed by atoms with Gasteiger partial charge in [0, 0.05) is 76.0 Å². The van der Waals surface area contributed by atoms with Crippen molar-refractivity contribution >= 4 is 59.4 Å². The Bertz CT molecular complexity index is 2900. The zero-order chi connectivity index (χ0) is 62.7. The smallest absolute Gasteiger partial charge is 0.410 e. The van der Waals surface area contributed by atoms with Crippen LogP contribution in [-0.2, 0) is 38.1 Å². The Hall–Kier alpha value is -6.76. The van der Waals surface area contributed by atoms with Gasteiger partial charge in [-0.3, -0.25) is 68.6 Å². The molecule has 22 nitrogen and oxygen atoms in total. The number of piperidine rings is 6. The average Bonchev–Trinajstić information content (AvgIpc) is 2.26. The fourth-order valence-electron chi connectivity index (χ4n) is 14.1. The Morgan fingerprint density at radius 3 is 1.15 bits per heavy atom. The largest absolute Gasteiger partial charge is 0.444 e. The van der Waals surface area contributed by atoms with E-state index in [-0.39, 0.29) is 96.6 Å². The number of imide groups is 4. The zero-order valence-electron chi connectivity index (χ0n) is 51.1. The quantitative estimate of drug-likeness (QED) is 0.247. The zero-order valence-corrected chi connectivity index (χ0v) is 51.1. The first kappa shape index (κ1) is 62.8. The summed E-state index contributed by atoms with van der Waals surface area (Å²) in [6.45, 7) is 15.7. The van der Waals surface area contributed by atoms with Gasteiger partial charge in [0.15, 0.2) is 0 Å². The van der Waals surface area contributed by atoms with Crippen LogP contribution in [0.25, 0.3) is 0 Å². The summed E-state index contributed by atoms with van der Waals surface area (Å²) >= 11 is 0. The number of halogens is 2. The van der Waals surface area contributed by atoms with Crippen molar-refractivity contribution in [2.45, 2.75) is 215 Å². The van der Waals surface area contributed by atoms with Crippen LogP contribution in [0.2, 0.25) is 0 Å². The van der Waals surface area contributed by atoms with E-state index in [1.807, 2.05) is 41.5 Å². The molecule has 0 spiro atoms. The lowest BCUT2D eigenvalue weighted by Gasteiger charge is -2.47. The van der Waals surface area contributed by atoms with Gasteiger partial charge < -0.3 is 28.7 Å². The molecule has 8 fully saturated rings. The first-order valence-corrected chi connectivity index (χ1v) is 31.5. The van der Waals surface area contributed by atoms with E-state index in [0.717, 1.165) is 74.3 Å². The molecule has 0 radical (unpaired) electrons. The predicted molar refractivity (Wildman–Crippen MR) is 311 cm³/mol. The number of ether oxygens (including phenoxy) is 4. The molecule has 0 aromatic heterocycles. The number of benzene rings is 2. The molecule has 6 saturated heterocycles. The maximum absolute atomic E-state index is 15.6. The van der Waals surface area contributed by atoms with E-state index in [1.54, 1.807) is 46.2 Å². The molecule has 88 heavy (non-hydrogen) atoms. The molecular weight excluding hydrogens is 1140 g/mol. The monoisotopic (exact) mass is 1220 g/mol. The number of nitrogens with one attached hydrogen (secondary N) is 2. The van der Waals surface area contributed by atoms with Gasteiger partial charge in [0.25, 0.3) is 23.6 Å². The van der Waals surface area contributed by atoms with E-state index in [9.17, 15) is 47.9 Å². The van der Waals surface area contributed by atoms with Crippen molar-refractivity contribution in [3.63, 3.8) is 0 Å². The van der Waals surface area contributed by atoms with Gasteiger partial charge in [0.2, 0.25) is 23.6 Å². The fourth-order valence-corrected chi connectivity index (χ4v) is 14.1. The third-order valence-corrected chi connectivity index (χ3v) is 19.1. The number of hydrogen-bond acceptors (Lipinski definition) is 16. The summed E-state index contributed by atoms with van der Waals surface area (Å²) < 4.78 is 54.8. The van der Waals surface area contributed by atoms with Crippen LogP contribution in [0.15, 0.2) is 36.4 Å². The third-order valence-electron chi connectivity index (χ3n) is 19.1. The van der Waals surface area contributed by atoms with E-state index in [4.69, 9.17) is 18.9 Å². The number of amides is 10. The molecule has 6 atom stereocenters. The van der Waals surface area contributed by atoms with Gasteiger partial charge in [-0.05, 0) is 167 Å². The van der Waals surface area contributed by atoms with Gasteiger partial charge in [-0.15, -0.1) is 0 Å². The van der Waals surface area contributed by atoms with Crippen LogP contribution in [0.3, 0.4) is 0 Å². The van der Waals surface area contributed by atoms with E-state index < -0.39 is 94.7 Å². The van der Waals surface area contributed by atoms with Crippen molar-refractivity contribution in [3.05, 3.63) is 69.8 Å². The number of nitrogens with zero attached hydrogens (tertiary/aromatic N) is 6.